The van der Waals surface area contributed by atoms with Crippen molar-refractivity contribution in [2.45, 2.75) is 26.3 Å². The van der Waals surface area contributed by atoms with Crippen LogP contribution in [0.15, 0.2) is 65.7 Å². The lowest BCUT2D eigenvalue weighted by atomic mass is 9.99. The highest BCUT2D eigenvalue weighted by molar-refractivity contribution is 14.0. The number of aryl methyl sites for hydroxylation is 1. The number of anilines is 1. The first kappa shape index (κ1) is 22.3. The van der Waals surface area contributed by atoms with Crippen LogP contribution in [0.25, 0.3) is 0 Å². The quantitative estimate of drug-likeness (QED) is 0.272. The van der Waals surface area contributed by atoms with E-state index in [1.54, 1.807) is 0 Å². The number of aliphatic imine (C=N–C) groups is 1. The van der Waals surface area contributed by atoms with Crippen LogP contribution in [0, 0.1) is 6.92 Å². The van der Waals surface area contributed by atoms with Gasteiger partial charge in [0.15, 0.2) is 5.96 Å². The summed E-state index contributed by atoms with van der Waals surface area (Å²) in [6.07, 6.45) is 4.43. The second-order valence-electron chi connectivity index (χ2n) is 7.17. The molecule has 0 aromatic heterocycles. The molecule has 2 N–H and O–H groups in total. The fraction of sp³-hybridized carbons (Fsp3) is 0.348. The van der Waals surface area contributed by atoms with Gasteiger partial charge in [0.05, 0.1) is 0 Å². The van der Waals surface area contributed by atoms with E-state index < -0.39 is 0 Å². The standard InChI is InChI=1S/C23H30N4.HI/c1-18-8-6-10-21(14-18)19(2)16-25-23(24-3)26-17-20-9-7-11-22(15-20)27-12-4-5-13-27;/h4-11,14-15,19H,12-13,16-17H2,1-3H3,(H2,24,25,26);1H. The molecule has 2 aromatic carbocycles. The van der Waals surface area contributed by atoms with E-state index in [0.29, 0.717) is 5.92 Å². The number of halogens is 1. The van der Waals surface area contributed by atoms with Crippen molar-refractivity contribution in [3.63, 3.8) is 0 Å². The Balaban J connectivity index is 0.00000280. The highest BCUT2D eigenvalue weighted by atomic mass is 127. The average molecular weight is 490 g/mol. The molecule has 28 heavy (non-hydrogen) atoms. The minimum absolute atomic E-state index is 0. The molecule has 0 radical (unpaired) electrons. The van der Waals surface area contributed by atoms with Crippen molar-refractivity contribution in [3.05, 3.63) is 77.4 Å². The lowest BCUT2D eigenvalue weighted by Gasteiger charge is -2.19. The van der Waals surface area contributed by atoms with E-state index in [9.17, 15) is 0 Å². The van der Waals surface area contributed by atoms with Crippen molar-refractivity contribution in [2.24, 2.45) is 4.99 Å². The molecule has 3 rings (SSSR count). The molecule has 4 nitrogen and oxygen atoms in total. The summed E-state index contributed by atoms with van der Waals surface area (Å²) in [5.74, 6) is 1.26. The van der Waals surface area contributed by atoms with Crippen molar-refractivity contribution in [1.29, 1.82) is 0 Å². The molecule has 0 aliphatic carbocycles. The molecule has 150 valence electrons. The maximum Gasteiger partial charge on any atom is 0.191 e. The van der Waals surface area contributed by atoms with Gasteiger partial charge in [-0.1, -0.05) is 61.0 Å². The van der Waals surface area contributed by atoms with Crippen LogP contribution < -0.4 is 15.5 Å². The van der Waals surface area contributed by atoms with Crippen LogP contribution in [-0.4, -0.2) is 32.6 Å². The van der Waals surface area contributed by atoms with Crippen molar-refractivity contribution < 1.29 is 0 Å². The van der Waals surface area contributed by atoms with Crippen LogP contribution in [-0.2, 0) is 6.54 Å². The summed E-state index contributed by atoms with van der Waals surface area (Å²) in [7, 11) is 1.82. The normalized spacial score (nSPS) is 14.5. The van der Waals surface area contributed by atoms with Crippen LogP contribution in [0.3, 0.4) is 0 Å². The molecule has 0 fully saturated rings. The van der Waals surface area contributed by atoms with Crippen LogP contribution in [0.1, 0.15) is 29.5 Å². The number of guanidine groups is 1. The molecular formula is C23H31IN4. The van der Waals surface area contributed by atoms with Crippen molar-refractivity contribution in [3.8, 4) is 0 Å². The Labute approximate surface area is 186 Å². The summed E-state index contributed by atoms with van der Waals surface area (Å²) in [6, 6.07) is 17.4. The third-order valence-electron chi connectivity index (χ3n) is 4.96. The largest absolute Gasteiger partial charge is 0.364 e. The Morgan fingerprint density at radius 2 is 1.82 bits per heavy atom. The van der Waals surface area contributed by atoms with Crippen LogP contribution in [0.5, 0.6) is 0 Å². The fourth-order valence-electron chi connectivity index (χ4n) is 3.30. The number of hydrogen-bond acceptors (Lipinski definition) is 2. The molecule has 0 saturated heterocycles. The predicted molar refractivity (Wildman–Crippen MR) is 131 cm³/mol. The molecule has 1 aliphatic rings. The Bertz CT molecular complexity index is 808. The summed E-state index contributed by atoms with van der Waals surface area (Å²) >= 11 is 0. The maximum absolute atomic E-state index is 4.36. The molecule has 1 aliphatic heterocycles. The Morgan fingerprint density at radius 1 is 1.07 bits per heavy atom. The smallest absolute Gasteiger partial charge is 0.191 e. The zero-order valence-electron chi connectivity index (χ0n) is 17.0. The summed E-state index contributed by atoms with van der Waals surface area (Å²) < 4.78 is 0. The number of benzene rings is 2. The monoisotopic (exact) mass is 490 g/mol. The molecule has 0 amide bonds. The fourth-order valence-corrected chi connectivity index (χ4v) is 3.30. The van der Waals surface area contributed by atoms with Gasteiger partial charge < -0.3 is 15.5 Å². The molecule has 5 heteroatoms. The first-order valence-electron chi connectivity index (χ1n) is 9.65. The maximum atomic E-state index is 4.36. The Hall–Kier alpha value is -2.02. The number of hydrogen-bond donors (Lipinski definition) is 2. The molecule has 0 saturated carbocycles. The van der Waals surface area contributed by atoms with Crippen LogP contribution in [0.2, 0.25) is 0 Å². The zero-order valence-corrected chi connectivity index (χ0v) is 19.3. The van der Waals surface area contributed by atoms with E-state index in [1.807, 2.05) is 7.05 Å². The van der Waals surface area contributed by atoms with Gasteiger partial charge in [0.2, 0.25) is 0 Å². The van der Waals surface area contributed by atoms with Crippen molar-refractivity contribution >= 4 is 35.6 Å². The van der Waals surface area contributed by atoms with Crippen LogP contribution >= 0.6 is 24.0 Å². The van der Waals surface area contributed by atoms with E-state index in [1.165, 1.54) is 22.4 Å². The minimum Gasteiger partial charge on any atom is -0.364 e. The van der Waals surface area contributed by atoms with Gasteiger partial charge in [0.25, 0.3) is 0 Å². The van der Waals surface area contributed by atoms with Gasteiger partial charge >= 0.3 is 0 Å². The minimum atomic E-state index is 0. The number of rotatable bonds is 6. The van der Waals surface area contributed by atoms with Gasteiger partial charge in [-0.05, 0) is 36.1 Å². The molecule has 1 atom stereocenters. The van der Waals surface area contributed by atoms with E-state index >= 15 is 0 Å². The van der Waals surface area contributed by atoms with Crippen molar-refractivity contribution in [1.82, 2.24) is 10.6 Å². The van der Waals surface area contributed by atoms with Gasteiger partial charge in [0.1, 0.15) is 0 Å². The molecule has 2 aromatic rings. The molecule has 1 heterocycles. The zero-order chi connectivity index (χ0) is 19.1. The van der Waals surface area contributed by atoms with E-state index in [4.69, 9.17) is 0 Å². The predicted octanol–water partition coefficient (Wildman–Crippen LogP) is 4.46. The van der Waals surface area contributed by atoms with Crippen molar-refractivity contribution in [2.75, 3.05) is 31.6 Å². The first-order chi connectivity index (χ1) is 13.2. The lowest BCUT2D eigenvalue weighted by Crippen LogP contribution is -2.38. The van der Waals surface area contributed by atoms with E-state index in [0.717, 1.165) is 32.1 Å². The first-order valence-corrected chi connectivity index (χ1v) is 9.65. The summed E-state index contributed by atoms with van der Waals surface area (Å²) in [5, 5.41) is 6.87. The van der Waals surface area contributed by atoms with Gasteiger partial charge in [-0.3, -0.25) is 4.99 Å². The highest BCUT2D eigenvalue weighted by Crippen LogP contribution is 2.18. The van der Waals surface area contributed by atoms with Gasteiger partial charge in [0, 0.05) is 38.9 Å². The molecule has 0 spiro atoms. The van der Waals surface area contributed by atoms with Gasteiger partial charge in [-0.25, -0.2) is 0 Å². The summed E-state index contributed by atoms with van der Waals surface area (Å²) in [6.45, 7) is 7.98. The summed E-state index contributed by atoms with van der Waals surface area (Å²) in [5.41, 5.74) is 5.18. The van der Waals surface area contributed by atoms with Crippen LogP contribution in [0.4, 0.5) is 5.69 Å². The molecule has 1 unspecified atom stereocenters. The second-order valence-corrected chi connectivity index (χ2v) is 7.17. The lowest BCUT2D eigenvalue weighted by molar-refractivity contribution is 0.698. The topological polar surface area (TPSA) is 39.7 Å². The summed E-state index contributed by atoms with van der Waals surface area (Å²) in [4.78, 5) is 6.72. The Kier molecular flexibility index (Phi) is 8.83. The third kappa shape index (κ3) is 6.26. The SMILES string of the molecule is CN=C(NCc1cccc(N2CC=CC2)c1)NCC(C)c1cccc(C)c1.I. The van der Waals surface area contributed by atoms with E-state index in [2.05, 4.69) is 95.1 Å². The second kappa shape index (κ2) is 11.1. The molecule has 0 bridgehead atoms. The third-order valence-corrected chi connectivity index (χ3v) is 4.96. The Morgan fingerprint density at radius 3 is 2.54 bits per heavy atom. The van der Waals surface area contributed by atoms with Gasteiger partial charge in [-0.2, -0.15) is 0 Å². The van der Waals surface area contributed by atoms with Gasteiger partial charge in [-0.15, -0.1) is 24.0 Å². The number of nitrogens with one attached hydrogen (secondary N) is 2. The number of nitrogens with zero attached hydrogens (tertiary/aromatic N) is 2. The van der Waals surface area contributed by atoms with E-state index in [-0.39, 0.29) is 24.0 Å². The highest BCUT2D eigenvalue weighted by Gasteiger charge is 2.09. The molecular weight excluding hydrogens is 459 g/mol. The average Bonchev–Trinajstić information content (AvgIpc) is 3.23.